The first-order valence-corrected chi connectivity index (χ1v) is 7.27. The molecule has 2 N–H and O–H groups in total. The summed E-state index contributed by atoms with van der Waals surface area (Å²) in [5.74, 6) is 0.942. The van der Waals surface area contributed by atoms with Crippen LogP contribution in [-0.2, 0) is 10.2 Å². The van der Waals surface area contributed by atoms with Crippen molar-refractivity contribution in [1.82, 2.24) is 0 Å². The Morgan fingerprint density at radius 2 is 1.89 bits per heavy atom. The summed E-state index contributed by atoms with van der Waals surface area (Å²) in [5.41, 5.74) is 7.87. The predicted octanol–water partition coefficient (Wildman–Crippen LogP) is 2.48. The lowest BCUT2D eigenvalue weighted by atomic mass is 9.50. The van der Waals surface area contributed by atoms with Crippen LogP contribution in [-0.4, -0.2) is 26.4 Å². The standard InChI is InChI=1S/C16H23NO2/c1-2-19-14-6-4-13(5-7-14)16(11-18-12-16)15(10-17)8-3-9-15/h4-7H,2-3,8-12,17H2,1H3. The highest BCUT2D eigenvalue weighted by atomic mass is 16.5. The molecule has 3 nitrogen and oxygen atoms in total. The van der Waals surface area contributed by atoms with Crippen LogP contribution < -0.4 is 10.5 Å². The first-order valence-electron chi connectivity index (χ1n) is 7.27. The second-order valence-corrected chi connectivity index (χ2v) is 5.87. The van der Waals surface area contributed by atoms with E-state index < -0.39 is 0 Å². The second-order valence-electron chi connectivity index (χ2n) is 5.87. The number of benzene rings is 1. The zero-order valence-corrected chi connectivity index (χ0v) is 11.7. The molecule has 1 aliphatic heterocycles. The van der Waals surface area contributed by atoms with Gasteiger partial charge in [0.15, 0.2) is 0 Å². The molecular weight excluding hydrogens is 238 g/mol. The zero-order valence-electron chi connectivity index (χ0n) is 11.7. The third kappa shape index (κ3) is 1.79. The molecule has 19 heavy (non-hydrogen) atoms. The fourth-order valence-corrected chi connectivity index (χ4v) is 3.60. The van der Waals surface area contributed by atoms with Gasteiger partial charge >= 0.3 is 0 Å². The Bertz CT molecular complexity index is 427. The molecule has 0 spiro atoms. The van der Waals surface area contributed by atoms with Gasteiger partial charge in [-0.25, -0.2) is 0 Å². The molecule has 1 aliphatic carbocycles. The van der Waals surface area contributed by atoms with Gasteiger partial charge in [-0.2, -0.15) is 0 Å². The molecule has 0 radical (unpaired) electrons. The Morgan fingerprint density at radius 1 is 1.21 bits per heavy atom. The number of ether oxygens (including phenoxy) is 2. The van der Waals surface area contributed by atoms with E-state index in [1.165, 1.54) is 24.8 Å². The molecule has 1 heterocycles. The number of hydrogen-bond acceptors (Lipinski definition) is 3. The lowest BCUT2D eigenvalue weighted by Crippen LogP contribution is -2.64. The molecule has 0 bridgehead atoms. The van der Waals surface area contributed by atoms with Gasteiger partial charge in [-0.1, -0.05) is 18.6 Å². The molecule has 3 rings (SSSR count). The van der Waals surface area contributed by atoms with E-state index in [9.17, 15) is 0 Å². The van der Waals surface area contributed by atoms with E-state index in [4.69, 9.17) is 15.2 Å². The smallest absolute Gasteiger partial charge is 0.119 e. The Hall–Kier alpha value is -1.06. The predicted molar refractivity (Wildman–Crippen MR) is 75.4 cm³/mol. The van der Waals surface area contributed by atoms with E-state index in [0.717, 1.165) is 25.5 Å². The van der Waals surface area contributed by atoms with E-state index in [-0.39, 0.29) is 10.8 Å². The first-order chi connectivity index (χ1) is 9.26. The minimum absolute atomic E-state index is 0.144. The fraction of sp³-hybridized carbons (Fsp3) is 0.625. The third-order valence-electron chi connectivity index (χ3n) is 5.13. The van der Waals surface area contributed by atoms with Crippen LogP contribution in [0.5, 0.6) is 5.75 Å². The third-order valence-corrected chi connectivity index (χ3v) is 5.13. The maximum Gasteiger partial charge on any atom is 0.119 e. The molecule has 1 aromatic carbocycles. The van der Waals surface area contributed by atoms with Crippen molar-refractivity contribution in [1.29, 1.82) is 0 Å². The summed E-state index contributed by atoms with van der Waals surface area (Å²) >= 11 is 0. The SMILES string of the molecule is CCOc1ccc(C2(C3(CN)CCC3)COC2)cc1. The quantitative estimate of drug-likeness (QED) is 0.885. The Labute approximate surface area is 115 Å². The van der Waals surface area contributed by atoms with Crippen LogP contribution in [0.25, 0.3) is 0 Å². The average molecular weight is 261 g/mol. The molecule has 2 aliphatic rings. The Kier molecular flexibility index (Phi) is 3.27. The van der Waals surface area contributed by atoms with Gasteiger partial charge < -0.3 is 15.2 Å². The first kappa shape index (κ1) is 12.9. The van der Waals surface area contributed by atoms with Crippen molar-refractivity contribution in [2.75, 3.05) is 26.4 Å². The van der Waals surface area contributed by atoms with Crippen LogP contribution in [0.1, 0.15) is 31.7 Å². The van der Waals surface area contributed by atoms with Crippen molar-refractivity contribution in [2.24, 2.45) is 11.1 Å². The van der Waals surface area contributed by atoms with Crippen molar-refractivity contribution in [2.45, 2.75) is 31.6 Å². The highest BCUT2D eigenvalue weighted by molar-refractivity contribution is 5.37. The van der Waals surface area contributed by atoms with Gasteiger partial charge in [0.25, 0.3) is 0 Å². The van der Waals surface area contributed by atoms with Gasteiger partial charge in [0.05, 0.1) is 19.8 Å². The summed E-state index contributed by atoms with van der Waals surface area (Å²) in [5, 5.41) is 0. The lowest BCUT2D eigenvalue weighted by molar-refractivity contribution is -0.154. The molecular formula is C16H23NO2. The summed E-state index contributed by atoms with van der Waals surface area (Å²) < 4.78 is 11.1. The number of hydrogen-bond donors (Lipinski definition) is 1. The summed E-state index contributed by atoms with van der Waals surface area (Å²) in [6, 6.07) is 8.54. The van der Waals surface area contributed by atoms with Crippen molar-refractivity contribution in [3.05, 3.63) is 29.8 Å². The van der Waals surface area contributed by atoms with Crippen LogP contribution in [0.15, 0.2) is 24.3 Å². The van der Waals surface area contributed by atoms with Gasteiger partial charge in [-0.05, 0) is 49.4 Å². The molecule has 1 aromatic rings. The van der Waals surface area contributed by atoms with Crippen LogP contribution in [0, 0.1) is 5.41 Å². The maximum absolute atomic E-state index is 6.10. The zero-order chi connectivity index (χ0) is 13.3. The van der Waals surface area contributed by atoms with E-state index >= 15 is 0 Å². The van der Waals surface area contributed by atoms with E-state index in [0.29, 0.717) is 6.61 Å². The van der Waals surface area contributed by atoms with E-state index in [2.05, 4.69) is 24.3 Å². The highest BCUT2D eigenvalue weighted by Gasteiger charge is 2.58. The molecule has 1 saturated heterocycles. The van der Waals surface area contributed by atoms with Gasteiger partial charge in [0, 0.05) is 5.41 Å². The summed E-state index contributed by atoms with van der Waals surface area (Å²) in [4.78, 5) is 0. The average Bonchev–Trinajstić information content (AvgIpc) is 2.33. The van der Waals surface area contributed by atoms with Crippen LogP contribution in [0.4, 0.5) is 0 Å². The van der Waals surface area contributed by atoms with Gasteiger partial charge in [0.2, 0.25) is 0 Å². The minimum atomic E-state index is 0.144. The van der Waals surface area contributed by atoms with Crippen LogP contribution in [0.3, 0.4) is 0 Å². The van der Waals surface area contributed by atoms with Crippen LogP contribution in [0.2, 0.25) is 0 Å². The van der Waals surface area contributed by atoms with Gasteiger partial charge in [0.1, 0.15) is 5.75 Å². The second kappa shape index (κ2) is 4.80. The molecule has 104 valence electrons. The number of rotatable bonds is 5. The van der Waals surface area contributed by atoms with Gasteiger partial charge in [-0.3, -0.25) is 0 Å². The normalized spacial score (nSPS) is 23.3. The molecule has 0 aromatic heterocycles. The van der Waals surface area contributed by atoms with Crippen molar-refractivity contribution in [3.8, 4) is 5.75 Å². The minimum Gasteiger partial charge on any atom is -0.494 e. The molecule has 2 fully saturated rings. The Balaban J connectivity index is 1.89. The lowest BCUT2D eigenvalue weighted by Gasteiger charge is -2.60. The fourth-order valence-electron chi connectivity index (χ4n) is 3.60. The van der Waals surface area contributed by atoms with Gasteiger partial charge in [-0.15, -0.1) is 0 Å². The van der Waals surface area contributed by atoms with Crippen LogP contribution >= 0.6 is 0 Å². The molecule has 0 unspecified atom stereocenters. The molecule has 0 amide bonds. The highest BCUT2D eigenvalue weighted by Crippen LogP contribution is 2.57. The monoisotopic (exact) mass is 261 g/mol. The number of nitrogens with two attached hydrogens (primary N) is 1. The van der Waals surface area contributed by atoms with Crippen molar-refractivity contribution < 1.29 is 9.47 Å². The summed E-state index contributed by atoms with van der Waals surface area (Å²) in [6.07, 6.45) is 3.77. The Morgan fingerprint density at radius 3 is 2.26 bits per heavy atom. The van der Waals surface area contributed by atoms with Crippen molar-refractivity contribution in [3.63, 3.8) is 0 Å². The maximum atomic E-state index is 6.10. The summed E-state index contributed by atoms with van der Waals surface area (Å²) in [6.45, 7) is 5.12. The van der Waals surface area contributed by atoms with Crippen molar-refractivity contribution >= 4 is 0 Å². The molecule has 0 atom stereocenters. The topological polar surface area (TPSA) is 44.5 Å². The molecule has 1 saturated carbocycles. The largest absolute Gasteiger partial charge is 0.494 e. The molecule has 3 heteroatoms. The van der Waals surface area contributed by atoms with E-state index in [1.807, 2.05) is 6.92 Å². The van der Waals surface area contributed by atoms with E-state index in [1.54, 1.807) is 0 Å². The summed E-state index contributed by atoms with van der Waals surface area (Å²) in [7, 11) is 0.